The average molecular weight is 597 g/mol. The summed E-state index contributed by atoms with van der Waals surface area (Å²) in [4.78, 5) is 60.6. The predicted molar refractivity (Wildman–Crippen MR) is 145 cm³/mol. The SMILES string of the molecule is CCC(C(=O)NC(CCC(=O)O)C(N)=O)C(C)NC(=O)CCO[C@H]1[C@H](O)[C@@H](CO)O[C@@H](O)[C@@H]1NC(=O)c1ccccc1. The summed E-state index contributed by atoms with van der Waals surface area (Å²) in [5.74, 6) is -4.46. The number of amides is 4. The quantitative estimate of drug-likeness (QED) is 0.104. The van der Waals surface area contributed by atoms with Gasteiger partial charge in [-0.25, -0.2) is 0 Å². The van der Waals surface area contributed by atoms with Gasteiger partial charge in [0.2, 0.25) is 17.7 Å². The van der Waals surface area contributed by atoms with E-state index >= 15 is 0 Å². The third-order valence-corrected chi connectivity index (χ3v) is 6.92. The van der Waals surface area contributed by atoms with Crippen LogP contribution in [0, 0.1) is 5.92 Å². The second-order valence-electron chi connectivity index (χ2n) is 9.96. The van der Waals surface area contributed by atoms with E-state index in [1.807, 2.05) is 0 Å². The number of carbonyl (C=O) groups is 5. The van der Waals surface area contributed by atoms with Gasteiger partial charge in [-0.05, 0) is 31.9 Å². The summed E-state index contributed by atoms with van der Waals surface area (Å²) in [6.45, 7) is 2.39. The molecular formula is C27H40N4O11. The fraction of sp³-hybridized carbons (Fsp3) is 0.593. The topological polar surface area (TPSA) is 247 Å². The zero-order valence-electron chi connectivity index (χ0n) is 23.5. The molecule has 0 aliphatic carbocycles. The van der Waals surface area contributed by atoms with E-state index in [-0.39, 0.29) is 37.9 Å². The first-order valence-electron chi connectivity index (χ1n) is 13.6. The zero-order chi connectivity index (χ0) is 31.4. The Morgan fingerprint density at radius 1 is 1.07 bits per heavy atom. The van der Waals surface area contributed by atoms with E-state index in [0.29, 0.717) is 0 Å². The number of aliphatic hydroxyl groups is 3. The predicted octanol–water partition coefficient (Wildman–Crippen LogP) is -2.00. The van der Waals surface area contributed by atoms with Crippen molar-refractivity contribution >= 4 is 29.6 Å². The van der Waals surface area contributed by atoms with Gasteiger partial charge < -0.3 is 51.6 Å². The molecule has 9 N–H and O–H groups in total. The molecular weight excluding hydrogens is 556 g/mol. The fourth-order valence-electron chi connectivity index (χ4n) is 4.57. The first-order chi connectivity index (χ1) is 19.9. The maximum atomic E-state index is 12.8. The number of nitrogens with one attached hydrogen (secondary N) is 3. The summed E-state index contributed by atoms with van der Waals surface area (Å²) in [5, 5.41) is 47.2. The van der Waals surface area contributed by atoms with Crippen LogP contribution in [-0.2, 0) is 28.7 Å². The van der Waals surface area contributed by atoms with E-state index in [9.17, 15) is 39.3 Å². The summed E-state index contributed by atoms with van der Waals surface area (Å²) >= 11 is 0. The fourth-order valence-corrected chi connectivity index (χ4v) is 4.57. The Balaban J connectivity index is 1.97. The van der Waals surface area contributed by atoms with Crippen LogP contribution in [0.5, 0.6) is 0 Å². The van der Waals surface area contributed by atoms with Crippen LogP contribution in [0.2, 0.25) is 0 Å². The van der Waals surface area contributed by atoms with Crippen LogP contribution in [0.3, 0.4) is 0 Å². The molecule has 1 saturated heterocycles. The summed E-state index contributed by atoms with van der Waals surface area (Å²) in [7, 11) is 0. The Hall–Kier alpha value is -3.63. The number of benzene rings is 1. The molecule has 1 aromatic carbocycles. The van der Waals surface area contributed by atoms with Crippen LogP contribution < -0.4 is 21.7 Å². The van der Waals surface area contributed by atoms with Gasteiger partial charge >= 0.3 is 5.97 Å². The van der Waals surface area contributed by atoms with Crippen molar-refractivity contribution in [2.75, 3.05) is 13.2 Å². The number of ether oxygens (including phenoxy) is 2. The number of primary amides is 1. The number of aliphatic hydroxyl groups excluding tert-OH is 3. The third kappa shape index (κ3) is 10.0. The molecule has 8 atom stereocenters. The van der Waals surface area contributed by atoms with Gasteiger partial charge in [0.1, 0.15) is 30.4 Å². The molecule has 1 fully saturated rings. The van der Waals surface area contributed by atoms with Gasteiger partial charge in [-0.2, -0.15) is 0 Å². The molecule has 15 heteroatoms. The van der Waals surface area contributed by atoms with Gasteiger partial charge in [-0.1, -0.05) is 25.1 Å². The second-order valence-corrected chi connectivity index (χ2v) is 9.96. The molecule has 234 valence electrons. The molecule has 1 aliphatic heterocycles. The van der Waals surface area contributed by atoms with Crippen LogP contribution in [0.4, 0.5) is 0 Å². The minimum absolute atomic E-state index is 0.179. The molecule has 15 nitrogen and oxygen atoms in total. The highest BCUT2D eigenvalue weighted by Gasteiger charge is 2.46. The number of nitrogens with two attached hydrogens (primary N) is 1. The van der Waals surface area contributed by atoms with Crippen LogP contribution in [-0.4, -0.2) is 106 Å². The van der Waals surface area contributed by atoms with Gasteiger partial charge in [0.05, 0.1) is 19.1 Å². The van der Waals surface area contributed by atoms with Gasteiger partial charge in [0.25, 0.3) is 5.91 Å². The van der Waals surface area contributed by atoms with E-state index in [4.69, 9.17) is 20.3 Å². The highest BCUT2D eigenvalue weighted by molar-refractivity contribution is 5.94. The third-order valence-electron chi connectivity index (χ3n) is 6.92. The van der Waals surface area contributed by atoms with Crippen molar-refractivity contribution in [2.45, 2.75) is 82.3 Å². The largest absolute Gasteiger partial charge is 0.481 e. The van der Waals surface area contributed by atoms with Crippen LogP contribution >= 0.6 is 0 Å². The molecule has 1 heterocycles. The van der Waals surface area contributed by atoms with E-state index in [2.05, 4.69) is 16.0 Å². The first-order valence-corrected chi connectivity index (χ1v) is 13.6. The number of hydrogen-bond donors (Lipinski definition) is 8. The van der Waals surface area contributed by atoms with Crippen molar-refractivity contribution in [3.63, 3.8) is 0 Å². The molecule has 1 aliphatic rings. The lowest BCUT2D eigenvalue weighted by Crippen LogP contribution is -2.65. The lowest BCUT2D eigenvalue weighted by Gasteiger charge is -2.42. The Morgan fingerprint density at radius 3 is 2.31 bits per heavy atom. The molecule has 3 unspecified atom stereocenters. The second kappa shape index (κ2) is 16.7. The molecule has 0 saturated carbocycles. The lowest BCUT2D eigenvalue weighted by atomic mass is 9.96. The molecule has 0 bridgehead atoms. The van der Waals surface area contributed by atoms with Crippen molar-refractivity contribution in [2.24, 2.45) is 11.7 Å². The van der Waals surface area contributed by atoms with Crippen LogP contribution in [0.1, 0.15) is 49.9 Å². The Bertz CT molecular complexity index is 1070. The minimum atomic E-state index is -1.62. The Kier molecular flexibility index (Phi) is 13.8. The number of carboxylic acids is 1. The normalized spacial score (nSPS) is 24.1. The average Bonchev–Trinajstić information content (AvgIpc) is 2.94. The Morgan fingerprint density at radius 2 is 1.74 bits per heavy atom. The van der Waals surface area contributed by atoms with Gasteiger partial charge in [0, 0.05) is 24.4 Å². The van der Waals surface area contributed by atoms with Crippen LogP contribution in [0.25, 0.3) is 0 Å². The van der Waals surface area contributed by atoms with Gasteiger partial charge in [-0.15, -0.1) is 0 Å². The first kappa shape index (κ1) is 34.6. The van der Waals surface area contributed by atoms with Crippen molar-refractivity contribution in [3.8, 4) is 0 Å². The molecule has 4 amide bonds. The van der Waals surface area contributed by atoms with Crippen molar-refractivity contribution in [1.82, 2.24) is 16.0 Å². The summed E-state index contributed by atoms with van der Waals surface area (Å²) in [6, 6.07) is 5.01. The maximum absolute atomic E-state index is 12.8. The monoisotopic (exact) mass is 596 g/mol. The molecule has 0 spiro atoms. The molecule has 0 radical (unpaired) electrons. The van der Waals surface area contributed by atoms with Crippen molar-refractivity contribution in [1.29, 1.82) is 0 Å². The van der Waals surface area contributed by atoms with Gasteiger partial charge in [0.15, 0.2) is 6.29 Å². The molecule has 42 heavy (non-hydrogen) atoms. The lowest BCUT2D eigenvalue weighted by molar-refractivity contribution is -0.260. The molecule has 1 aromatic rings. The summed E-state index contributed by atoms with van der Waals surface area (Å²) < 4.78 is 10.9. The number of hydrogen-bond acceptors (Lipinski definition) is 10. The summed E-state index contributed by atoms with van der Waals surface area (Å²) in [6.07, 6.45) is -6.01. The number of carboxylic acid groups (broad SMARTS) is 1. The van der Waals surface area contributed by atoms with E-state index in [1.165, 1.54) is 0 Å². The van der Waals surface area contributed by atoms with Crippen LogP contribution in [0.15, 0.2) is 30.3 Å². The minimum Gasteiger partial charge on any atom is -0.481 e. The molecule has 2 rings (SSSR count). The standard InChI is InChI=1S/C27H40N4O11/c1-3-16(26(39)30-17(24(28)37)9-10-20(34)35)14(2)29-19(33)11-12-41-23-21(27(40)42-18(13-32)22(23)36)31-25(38)15-7-5-4-6-8-15/h4-8,14,16-18,21-23,27,32,36,40H,3,9-13H2,1-2H3,(H2,28,37)(H,29,33)(H,30,39)(H,31,38)(H,34,35)/t14?,16?,17?,18-,21-,22-,23-,27-/m1/s1. The highest BCUT2D eigenvalue weighted by Crippen LogP contribution is 2.23. The van der Waals surface area contributed by atoms with Crippen molar-refractivity contribution in [3.05, 3.63) is 35.9 Å². The smallest absolute Gasteiger partial charge is 0.303 e. The number of carbonyl (C=O) groups excluding carboxylic acids is 4. The highest BCUT2D eigenvalue weighted by atomic mass is 16.6. The Labute approximate surface area is 242 Å². The number of aliphatic carboxylic acids is 1. The maximum Gasteiger partial charge on any atom is 0.303 e. The summed E-state index contributed by atoms with van der Waals surface area (Å²) in [5.41, 5.74) is 5.57. The van der Waals surface area contributed by atoms with E-state index < -0.39 is 84.9 Å². The van der Waals surface area contributed by atoms with E-state index in [0.717, 1.165) is 0 Å². The van der Waals surface area contributed by atoms with Crippen molar-refractivity contribution < 1.29 is 53.9 Å². The van der Waals surface area contributed by atoms with E-state index in [1.54, 1.807) is 44.2 Å². The zero-order valence-corrected chi connectivity index (χ0v) is 23.5. The molecule has 0 aromatic heterocycles. The van der Waals surface area contributed by atoms with Gasteiger partial charge in [-0.3, -0.25) is 24.0 Å². The number of rotatable bonds is 16.